The van der Waals surface area contributed by atoms with Gasteiger partial charge in [-0.15, -0.1) is 0 Å². The first-order chi connectivity index (χ1) is 16.4. The SMILES string of the molecule is Cc1ccc(C(=O)N=c2ccccn2Cc2ccccc2)cc1S(=O)(=O)NCc1ccccc1. The van der Waals surface area contributed by atoms with E-state index in [1.807, 2.05) is 83.6 Å². The normalized spacial score (nSPS) is 12.0. The number of hydrogen-bond acceptors (Lipinski definition) is 3. The minimum absolute atomic E-state index is 0.0645. The summed E-state index contributed by atoms with van der Waals surface area (Å²) >= 11 is 0. The van der Waals surface area contributed by atoms with Crippen molar-refractivity contribution in [1.82, 2.24) is 9.29 Å². The van der Waals surface area contributed by atoms with E-state index in [0.29, 0.717) is 17.6 Å². The molecule has 0 saturated heterocycles. The van der Waals surface area contributed by atoms with Gasteiger partial charge in [0.15, 0.2) is 0 Å². The molecule has 1 amide bonds. The van der Waals surface area contributed by atoms with Gasteiger partial charge in [0.05, 0.1) is 4.90 Å². The molecule has 4 aromatic rings. The first-order valence-electron chi connectivity index (χ1n) is 10.8. The van der Waals surface area contributed by atoms with Crippen molar-refractivity contribution >= 4 is 15.9 Å². The molecule has 4 rings (SSSR count). The number of nitrogens with zero attached hydrogens (tertiary/aromatic N) is 2. The van der Waals surface area contributed by atoms with Gasteiger partial charge in [-0.3, -0.25) is 4.79 Å². The van der Waals surface area contributed by atoms with Crippen LogP contribution in [0.2, 0.25) is 0 Å². The summed E-state index contributed by atoms with van der Waals surface area (Å²) < 4.78 is 30.4. The van der Waals surface area contributed by atoms with Crippen LogP contribution in [0, 0.1) is 6.92 Å². The first kappa shape index (κ1) is 23.4. The van der Waals surface area contributed by atoms with E-state index < -0.39 is 15.9 Å². The van der Waals surface area contributed by atoms with E-state index in [-0.39, 0.29) is 17.0 Å². The Kier molecular flexibility index (Phi) is 7.15. The Hall–Kier alpha value is -3.81. The zero-order valence-corrected chi connectivity index (χ0v) is 19.6. The van der Waals surface area contributed by atoms with Gasteiger partial charge >= 0.3 is 0 Å². The van der Waals surface area contributed by atoms with Crippen molar-refractivity contribution in [3.05, 3.63) is 131 Å². The molecule has 0 saturated carbocycles. The average Bonchev–Trinajstić information content (AvgIpc) is 2.85. The molecule has 1 aromatic heterocycles. The smallest absolute Gasteiger partial charge is 0.278 e. The van der Waals surface area contributed by atoms with Crippen LogP contribution >= 0.6 is 0 Å². The Bertz CT molecular complexity index is 1460. The third-order valence-corrected chi connectivity index (χ3v) is 6.91. The van der Waals surface area contributed by atoms with Gasteiger partial charge in [-0.25, -0.2) is 13.1 Å². The van der Waals surface area contributed by atoms with Gasteiger partial charge in [0.1, 0.15) is 5.49 Å². The molecule has 1 N–H and O–H groups in total. The molecule has 6 nitrogen and oxygen atoms in total. The van der Waals surface area contributed by atoms with Crippen molar-refractivity contribution in [3.63, 3.8) is 0 Å². The van der Waals surface area contributed by atoms with E-state index in [9.17, 15) is 13.2 Å². The van der Waals surface area contributed by atoms with Crippen LogP contribution in [0.1, 0.15) is 27.0 Å². The molecule has 0 spiro atoms. The minimum atomic E-state index is -3.82. The largest absolute Gasteiger partial charge is 0.328 e. The number of carbonyl (C=O) groups is 1. The van der Waals surface area contributed by atoms with E-state index in [4.69, 9.17) is 0 Å². The summed E-state index contributed by atoms with van der Waals surface area (Å²) in [5, 5.41) is 0. The van der Waals surface area contributed by atoms with E-state index >= 15 is 0 Å². The lowest BCUT2D eigenvalue weighted by atomic mass is 10.1. The Labute approximate surface area is 199 Å². The van der Waals surface area contributed by atoms with Gasteiger partial charge < -0.3 is 4.57 Å². The summed E-state index contributed by atoms with van der Waals surface area (Å²) in [6.45, 7) is 2.42. The van der Waals surface area contributed by atoms with Crippen LogP contribution < -0.4 is 10.2 Å². The maximum Gasteiger partial charge on any atom is 0.278 e. The van der Waals surface area contributed by atoms with Crippen molar-refractivity contribution in [1.29, 1.82) is 0 Å². The van der Waals surface area contributed by atoms with E-state index in [1.165, 1.54) is 6.07 Å². The number of benzene rings is 3. The highest BCUT2D eigenvalue weighted by Gasteiger charge is 2.19. The summed E-state index contributed by atoms with van der Waals surface area (Å²) in [7, 11) is -3.82. The van der Waals surface area contributed by atoms with E-state index in [1.54, 1.807) is 25.1 Å². The molecule has 0 radical (unpaired) electrons. The second-order valence-electron chi connectivity index (χ2n) is 7.88. The predicted octanol–water partition coefficient (Wildman–Crippen LogP) is 4.06. The molecular formula is C27H25N3O3S. The number of pyridine rings is 1. The highest BCUT2D eigenvalue weighted by Crippen LogP contribution is 2.18. The maximum atomic E-state index is 13.0. The average molecular weight is 472 g/mol. The predicted molar refractivity (Wildman–Crippen MR) is 132 cm³/mol. The summed E-state index contributed by atoms with van der Waals surface area (Å²) in [5.74, 6) is -0.507. The lowest BCUT2D eigenvalue weighted by Crippen LogP contribution is -2.24. The highest BCUT2D eigenvalue weighted by atomic mass is 32.2. The van der Waals surface area contributed by atoms with Crippen molar-refractivity contribution in [2.24, 2.45) is 4.99 Å². The number of rotatable bonds is 7. The molecular weight excluding hydrogens is 446 g/mol. The standard InChI is InChI=1S/C27H25N3O3S/c1-21-15-16-24(18-25(21)34(32,33)28-19-22-10-4-2-5-11-22)27(31)29-26-14-8-9-17-30(26)20-23-12-6-3-7-13-23/h2-18,28H,19-20H2,1H3. The fraction of sp³-hybridized carbons (Fsp3) is 0.111. The Morgan fingerprint density at radius 3 is 2.21 bits per heavy atom. The molecule has 172 valence electrons. The second kappa shape index (κ2) is 10.4. The van der Waals surface area contributed by atoms with Crippen LogP contribution in [-0.4, -0.2) is 18.9 Å². The molecule has 0 aliphatic carbocycles. The van der Waals surface area contributed by atoms with Gasteiger partial charge in [0, 0.05) is 24.8 Å². The molecule has 7 heteroatoms. The van der Waals surface area contributed by atoms with Crippen LogP contribution in [-0.2, 0) is 23.1 Å². The van der Waals surface area contributed by atoms with Crippen LogP contribution in [0.4, 0.5) is 0 Å². The van der Waals surface area contributed by atoms with Crippen LogP contribution in [0.25, 0.3) is 0 Å². The van der Waals surface area contributed by atoms with Crippen molar-refractivity contribution in [2.75, 3.05) is 0 Å². The summed E-state index contributed by atoms with van der Waals surface area (Å²) in [5.41, 5.74) is 3.18. The molecule has 0 unspecified atom stereocenters. The minimum Gasteiger partial charge on any atom is -0.328 e. The Balaban J connectivity index is 1.61. The topological polar surface area (TPSA) is 80.5 Å². The van der Waals surface area contributed by atoms with Gasteiger partial charge in [0.2, 0.25) is 10.0 Å². The Morgan fingerprint density at radius 2 is 1.50 bits per heavy atom. The molecule has 0 fully saturated rings. The lowest BCUT2D eigenvalue weighted by molar-refractivity contribution is 0.0997. The summed E-state index contributed by atoms with van der Waals surface area (Å²) in [6.07, 6.45) is 1.86. The molecule has 0 aliphatic heterocycles. The second-order valence-corrected chi connectivity index (χ2v) is 9.62. The monoisotopic (exact) mass is 471 g/mol. The fourth-order valence-corrected chi connectivity index (χ4v) is 4.81. The third kappa shape index (κ3) is 5.75. The van der Waals surface area contributed by atoms with E-state index in [2.05, 4.69) is 9.71 Å². The summed E-state index contributed by atoms with van der Waals surface area (Å²) in [6, 6.07) is 29.2. The van der Waals surface area contributed by atoms with Gasteiger partial charge in [-0.05, 0) is 47.9 Å². The molecule has 0 atom stereocenters. The fourth-order valence-electron chi connectivity index (χ4n) is 3.53. The highest BCUT2D eigenvalue weighted by molar-refractivity contribution is 7.89. The first-order valence-corrected chi connectivity index (χ1v) is 12.3. The molecule has 0 bridgehead atoms. The number of carbonyl (C=O) groups excluding carboxylic acids is 1. The number of hydrogen-bond donors (Lipinski definition) is 1. The molecule has 0 aliphatic rings. The molecule has 1 heterocycles. The van der Waals surface area contributed by atoms with Gasteiger partial charge in [-0.1, -0.05) is 72.8 Å². The van der Waals surface area contributed by atoms with Crippen LogP contribution in [0.5, 0.6) is 0 Å². The van der Waals surface area contributed by atoms with E-state index in [0.717, 1.165) is 11.1 Å². The number of amides is 1. The quantitative estimate of drug-likeness (QED) is 0.441. The van der Waals surface area contributed by atoms with Crippen molar-refractivity contribution < 1.29 is 13.2 Å². The van der Waals surface area contributed by atoms with Gasteiger partial charge in [-0.2, -0.15) is 4.99 Å². The summed E-state index contributed by atoms with van der Waals surface area (Å²) in [4.78, 5) is 17.3. The van der Waals surface area contributed by atoms with Crippen molar-refractivity contribution in [2.45, 2.75) is 24.9 Å². The van der Waals surface area contributed by atoms with Crippen LogP contribution in [0.15, 0.2) is 113 Å². The van der Waals surface area contributed by atoms with Crippen molar-refractivity contribution in [3.8, 4) is 0 Å². The zero-order chi connectivity index (χ0) is 24.0. The zero-order valence-electron chi connectivity index (χ0n) is 18.8. The molecule has 34 heavy (non-hydrogen) atoms. The maximum absolute atomic E-state index is 13.0. The molecule has 3 aromatic carbocycles. The number of nitrogens with one attached hydrogen (secondary N) is 1. The number of sulfonamides is 1. The lowest BCUT2D eigenvalue weighted by Gasteiger charge is -2.11. The van der Waals surface area contributed by atoms with Crippen LogP contribution in [0.3, 0.4) is 0 Å². The number of aromatic nitrogens is 1. The Morgan fingerprint density at radius 1 is 0.853 bits per heavy atom. The number of aryl methyl sites for hydroxylation is 1. The van der Waals surface area contributed by atoms with Gasteiger partial charge in [0.25, 0.3) is 5.91 Å². The third-order valence-electron chi connectivity index (χ3n) is 5.36.